The van der Waals surface area contributed by atoms with E-state index in [-0.39, 0.29) is 5.91 Å². The van der Waals surface area contributed by atoms with Crippen molar-refractivity contribution in [3.63, 3.8) is 0 Å². The highest BCUT2D eigenvalue weighted by atomic mass is 16.5. The second-order valence-electron chi connectivity index (χ2n) is 8.18. The number of likely N-dealkylation sites (tertiary alicyclic amines) is 1. The number of nitrogens with two attached hydrogens (primary N) is 1. The van der Waals surface area contributed by atoms with Gasteiger partial charge >= 0.3 is 0 Å². The topological polar surface area (TPSA) is 67.6 Å². The largest absolute Gasteiger partial charge is 0.381 e. The molecule has 1 aromatic rings. The van der Waals surface area contributed by atoms with Gasteiger partial charge in [-0.15, -0.1) is 0 Å². The van der Waals surface area contributed by atoms with Crippen LogP contribution in [0.2, 0.25) is 0 Å². The number of nitrogens with zero attached hydrogens (tertiary/aromatic N) is 1. The summed E-state index contributed by atoms with van der Waals surface area (Å²) in [5.74, 6) is 1.38. The first kappa shape index (κ1) is 20.3. The first-order valence-corrected chi connectivity index (χ1v) is 10.6. The smallest absolute Gasteiger partial charge is 0.236 e. The molecule has 2 fully saturated rings. The Bertz CT molecular complexity index is 552. The fraction of sp³-hybridized carbons (Fsp3) is 0.682. The maximum atomic E-state index is 12.3. The Labute approximate surface area is 163 Å². The highest BCUT2D eigenvalue weighted by Gasteiger charge is 2.23. The minimum atomic E-state index is -0.418. The van der Waals surface area contributed by atoms with Gasteiger partial charge in [0.15, 0.2) is 0 Å². The number of hydrogen-bond donors (Lipinski definition) is 2. The molecule has 0 aromatic heterocycles. The number of piperidine rings is 1. The van der Waals surface area contributed by atoms with E-state index in [1.165, 1.54) is 37.8 Å². The van der Waals surface area contributed by atoms with Gasteiger partial charge in [-0.05, 0) is 69.0 Å². The molecule has 3 rings (SSSR count). The summed E-state index contributed by atoms with van der Waals surface area (Å²) in [7, 11) is 0. The molecule has 2 heterocycles. The average molecular weight is 374 g/mol. The van der Waals surface area contributed by atoms with Crippen LogP contribution < -0.4 is 11.1 Å². The van der Waals surface area contributed by atoms with Crippen LogP contribution in [0.1, 0.15) is 37.7 Å². The van der Waals surface area contributed by atoms with Gasteiger partial charge in [0, 0.05) is 26.3 Å². The number of hydrogen-bond acceptors (Lipinski definition) is 4. The van der Waals surface area contributed by atoms with Crippen molar-refractivity contribution in [2.45, 2.75) is 44.6 Å². The van der Waals surface area contributed by atoms with E-state index in [0.29, 0.717) is 12.3 Å². The lowest BCUT2D eigenvalue weighted by atomic mass is 9.94. The molecule has 1 amide bonds. The maximum Gasteiger partial charge on any atom is 0.236 e. The molecule has 1 aromatic carbocycles. The number of carbonyl (C=O) groups is 1. The van der Waals surface area contributed by atoms with Crippen LogP contribution in [0.15, 0.2) is 30.3 Å². The van der Waals surface area contributed by atoms with Crippen molar-refractivity contribution in [2.24, 2.45) is 17.6 Å². The van der Waals surface area contributed by atoms with Crippen molar-refractivity contribution in [3.05, 3.63) is 35.9 Å². The molecule has 0 saturated carbocycles. The van der Waals surface area contributed by atoms with Gasteiger partial charge in [-0.3, -0.25) is 4.79 Å². The van der Waals surface area contributed by atoms with Gasteiger partial charge in [0.25, 0.3) is 0 Å². The molecule has 2 saturated heterocycles. The van der Waals surface area contributed by atoms with Crippen LogP contribution in [-0.2, 0) is 16.0 Å². The normalized spacial score (nSPS) is 21.1. The number of rotatable bonds is 8. The molecule has 2 aliphatic heterocycles. The van der Waals surface area contributed by atoms with E-state index >= 15 is 0 Å². The van der Waals surface area contributed by atoms with Gasteiger partial charge in [0.05, 0.1) is 6.04 Å². The standard InChI is InChI=1S/C22H35N3O2/c23-21(7-6-18-4-2-1-3-5-18)22(26)24-16-19-8-12-25(13-9-19)17-20-10-14-27-15-11-20/h1-5,19-21H,6-17,23H2,(H,24,26)/t21-/m1/s1. The zero-order chi connectivity index (χ0) is 18.9. The number of carbonyl (C=O) groups excluding carboxylic acids is 1. The first-order valence-electron chi connectivity index (χ1n) is 10.6. The number of amides is 1. The van der Waals surface area contributed by atoms with E-state index in [9.17, 15) is 4.79 Å². The summed E-state index contributed by atoms with van der Waals surface area (Å²) in [4.78, 5) is 14.9. The minimum absolute atomic E-state index is 0.00411. The van der Waals surface area contributed by atoms with E-state index in [4.69, 9.17) is 10.5 Å². The van der Waals surface area contributed by atoms with E-state index in [1.54, 1.807) is 0 Å². The van der Waals surface area contributed by atoms with Gasteiger partial charge in [0.2, 0.25) is 5.91 Å². The third-order valence-corrected chi connectivity index (χ3v) is 6.05. The molecular weight excluding hydrogens is 338 g/mol. The quantitative estimate of drug-likeness (QED) is 0.733. The second kappa shape index (κ2) is 10.8. The van der Waals surface area contributed by atoms with Gasteiger partial charge in [-0.25, -0.2) is 0 Å². The van der Waals surface area contributed by atoms with Crippen LogP contribution in [0, 0.1) is 11.8 Å². The molecule has 27 heavy (non-hydrogen) atoms. The van der Waals surface area contributed by atoms with Crippen LogP contribution >= 0.6 is 0 Å². The van der Waals surface area contributed by atoms with Crippen molar-refractivity contribution >= 4 is 5.91 Å². The van der Waals surface area contributed by atoms with Crippen molar-refractivity contribution < 1.29 is 9.53 Å². The Morgan fingerprint density at radius 1 is 1.11 bits per heavy atom. The van der Waals surface area contributed by atoms with E-state index in [0.717, 1.165) is 45.2 Å². The van der Waals surface area contributed by atoms with Crippen LogP contribution in [0.3, 0.4) is 0 Å². The third-order valence-electron chi connectivity index (χ3n) is 6.05. The van der Waals surface area contributed by atoms with Crippen molar-refractivity contribution in [1.82, 2.24) is 10.2 Å². The average Bonchev–Trinajstić information content (AvgIpc) is 2.73. The lowest BCUT2D eigenvalue weighted by Gasteiger charge is -2.35. The van der Waals surface area contributed by atoms with Crippen LogP contribution in [0.4, 0.5) is 0 Å². The summed E-state index contributed by atoms with van der Waals surface area (Å²) in [6, 6.07) is 9.80. The zero-order valence-electron chi connectivity index (χ0n) is 16.4. The molecule has 2 aliphatic rings. The van der Waals surface area contributed by atoms with Crippen molar-refractivity contribution in [3.8, 4) is 0 Å². The summed E-state index contributed by atoms with van der Waals surface area (Å²) in [5, 5.41) is 3.09. The van der Waals surface area contributed by atoms with Crippen LogP contribution in [0.5, 0.6) is 0 Å². The van der Waals surface area contributed by atoms with E-state index in [1.807, 2.05) is 18.2 Å². The minimum Gasteiger partial charge on any atom is -0.381 e. The van der Waals surface area contributed by atoms with Crippen LogP contribution in [0.25, 0.3) is 0 Å². The van der Waals surface area contributed by atoms with E-state index < -0.39 is 6.04 Å². The SMILES string of the molecule is N[C@H](CCc1ccccc1)C(=O)NCC1CCN(CC2CCOCC2)CC1. The Balaban J connectivity index is 1.29. The molecule has 5 heteroatoms. The third kappa shape index (κ3) is 6.91. The molecule has 0 bridgehead atoms. The molecule has 0 radical (unpaired) electrons. The maximum absolute atomic E-state index is 12.3. The van der Waals surface area contributed by atoms with Gasteiger partial charge < -0.3 is 20.7 Å². The molecule has 0 unspecified atom stereocenters. The Kier molecular flexibility index (Phi) is 8.11. The highest BCUT2D eigenvalue weighted by molar-refractivity contribution is 5.81. The number of aryl methyl sites for hydroxylation is 1. The Morgan fingerprint density at radius 3 is 2.52 bits per heavy atom. The molecule has 150 valence electrons. The van der Waals surface area contributed by atoms with Crippen molar-refractivity contribution in [2.75, 3.05) is 39.4 Å². The van der Waals surface area contributed by atoms with Gasteiger partial charge in [-0.1, -0.05) is 30.3 Å². The predicted octanol–water partition coefficient (Wildman–Crippen LogP) is 2.20. The summed E-state index contributed by atoms with van der Waals surface area (Å²) in [6.07, 6.45) is 6.29. The monoisotopic (exact) mass is 373 g/mol. The Morgan fingerprint density at radius 2 is 1.81 bits per heavy atom. The zero-order valence-corrected chi connectivity index (χ0v) is 16.4. The molecule has 0 spiro atoms. The summed E-state index contributed by atoms with van der Waals surface area (Å²) in [6.45, 7) is 6.14. The number of nitrogens with one attached hydrogen (secondary N) is 1. The summed E-state index contributed by atoms with van der Waals surface area (Å²) < 4.78 is 5.45. The summed E-state index contributed by atoms with van der Waals surface area (Å²) in [5.41, 5.74) is 7.31. The van der Waals surface area contributed by atoms with Gasteiger partial charge in [0.1, 0.15) is 0 Å². The number of ether oxygens (including phenoxy) is 1. The fourth-order valence-corrected chi connectivity index (χ4v) is 4.14. The summed E-state index contributed by atoms with van der Waals surface area (Å²) >= 11 is 0. The predicted molar refractivity (Wildman–Crippen MR) is 108 cm³/mol. The Hall–Kier alpha value is -1.43. The van der Waals surface area contributed by atoms with Crippen molar-refractivity contribution in [1.29, 1.82) is 0 Å². The molecule has 3 N–H and O–H groups in total. The molecule has 1 atom stereocenters. The molecular formula is C22H35N3O2. The lowest BCUT2D eigenvalue weighted by Crippen LogP contribution is -2.45. The van der Waals surface area contributed by atoms with Crippen LogP contribution in [-0.4, -0.2) is 56.2 Å². The second-order valence-corrected chi connectivity index (χ2v) is 8.18. The fourth-order valence-electron chi connectivity index (χ4n) is 4.14. The van der Waals surface area contributed by atoms with Gasteiger partial charge in [-0.2, -0.15) is 0 Å². The molecule has 5 nitrogen and oxygen atoms in total. The highest BCUT2D eigenvalue weighted by Crippen LogP contribution is 2.21. The first-order chi connectivity index (χ1) is 13.2. The lowest BCUT2D eigenvalue weighted by molar-refractivity contribution is -0.122. The van der Waals surface area contributed by atoms with E-state index in [2.05, 4.69) is 22.3 Å². The number of benzene rings is 1. The molecule has 0 aliphatic carbocycles.